The Kier molecular flexibility index (Phi) is 7.06. The Bertz CT molecular complexity index is 1400. The molecule has 3 amide bonds. The maximum absolute atomic E-state index is 14.0. The van der Waals surface area contributed by atoms with Crippen LogP contribution in [0.25, 0.3) is 0 Å². The molecule has 0 aliphatic carbocycles. The zero-order valence-corrected chi connectivity index (χ0v) is 19.7. The average molecular weight is 518 g/mol. The van der Waals surface area contributed by atoms with Crippen LogP contribution in [0.3, 0.4) is 0 Å². The van der Waals surface area contributed by atoms with Crippen molar-refractivity contribution in [2.45, 2.75) is 17.4 Å². The van der Waals surface area contributed by atoms with E-state index < -0.39 is 44.5 Å². The summed E-state index contributed by atoms with van der Waals surface area (Å²) >= 11 is 0. The van der Waals surface area contributed by atoms with Crippen LogP contribution in [-0.4, -0.2) is 40.2 Å². The van der Waals surface area contributed by atoms with Gasteiger partial charge < -0.3 is 19.7 Å². The van der Waals surface area contributed by atoms with E-state index in [2.05, 4.69) is 5.32 Å². The van der Waals surface area contributed by atoms with Crippen LogP contribution in [0.2, 0.25) is 0 Å². The molecular formula is C24H21F2N3O6S. The normalized spacial score (nSPS) is 13.1. The number of hydrogen-bond donors (Lipinski definition) is 2. The number of nitrogens with zero attached hydrogens (tertiary/aromatic N) is 1. The number of carbonyl (C=O) groups is 2. The average Bonchev–Trinajstić information content (AvgIpc) is 3.30. The monoisotopic (exact) mass is 517 g/mol. The Morgan fingerprint density at radius 2 is 1.72 bits per heavy atom. The van der Waals surface area contributed by atoms with Crippen molar-refractivity contribution in [2.75, 3.05) is 18.7 Å². The molecule has 0 saturated carbocycles. The van der Waals surface area contributed by atoms with Crippen molar-refractivity contribution < 1.29 is 36.3 Å². The van der Waals surface area contributed by atoms with Gasteiger partial charge in [-0.05, 0) is 29.8 Å². The first kappa shape index (κ1) is 24.9. The Morgan fingerprint density at radius 1 is 1.00 bits per heavy atom. The molecule has 1 aliphatic heterocycles. The summed E-state index contributed by atoms with van der Waals surface area (Å²) in [5, 5.41) is 2.35. The van der Waals surface area contributed by atoms with Crippen LogP contribution in [0.1, 0.15) is 5.56 Å². The summed E-state index contributed by atoms with van der Waals surface area (Å²) in [4.78, 5) is 26.4. The summed E-state index contributed by atoms with van der Waals surface area (Å²) < 4.78 is 64.4. The van der Waals surface area contributed by atoms with Crippen LogP contribution in [-0.2, 0) is 21.2 Å². The van der Waals surface area contributed by atoms with Crippen molar-refractivity contribution in [3.63, 3.8) is 0 Å². The SMILES string of the molecule is CN(C(=O)[C@H](Cc1ccccc1)NC(=O)NS(=O)(=O)c1ccc(F)cc1F)c1ccc2c(c1)OCO2. The van der Waals surface area contributed by atoms with Crippen molar-refractivity contribution in [1.82, 2.24) is 10.0 Å². The predicted molar refractivity (Wildman–Crippen MR) is 125 cm³/mol. The van der Waals surface area contributed by atoms with Crippen LogP contribution >= 0.6 is 0 Å². The molecule has 0 bridgehead atoms. The van der Waals surface area contributed by atoms with Crippen molar-refractivity contribution in [3.8, 4) is 11.5 Å². The summed E-state index contributed by atoms with van der Waals surface area (Å²) in [5.41, 5.74) is 1.15. The van der Waals surface area contributed by atoms with Crippen molar-refractivity contribution in [1.29, 1.82) is 0 Å². The first-order valence-corrected chi connectivity index (χ1v) is 12.1. The zero-order chi connectivity index (χ0) is 25.9. The molecule has 3 aromatic carbocycles. The number of nitrogens with one attached hydrogen (secondary N) is 2. The number of ether oxygens (including phenoxy) is 2. The van der Waals surface area contributed by atoms with Crippen molar-refractivity contribution in [2.24, 2.45) is 0 Å². The molecule has 0 spiro atoms. The minimum absolute atomic E-state index is 0.0347. The molecule has 4 rings (SSSR count). The van der Waals surface area contributed by atoms with Crippen LogP contribution in [0.4, 0.5) is 19.3 Å². The fourth-order valence-corrected chi connectivity index (χ4v) is 4.54. The third kappa shape index (κ3) is 5.54. The number of hydrogen-bond acceptors (Lipinski definition) is 6. The lowest BCUT2D eigenvalue weighted by Gasteiger charge is -2.25. The van der Waals surface area contributed by atoms with Crippen molar-refractivity contribution in [3.05, 3.63) is 83.9 Å². The van der Waals surface area contributed by atoms with Gasteiger partial charge in [0.15, 0.2) is 11.5 Å². The third-order valence-electron chi connectivity index (χ3n) is 5.37. The number of anilines is 1. The smallest absolute Gasteiger partial charge is 0.329 e. The number of carbonyl (C=O) groups excluding carboxylic acids is 2. The van der Waals surface area contributed by atoms with Gasteiger partial charge in [-0.15, -0.1) is 0 Å². The molecule has 188 valence electrons. The van der Waals surface area contributed by atoms with Gasteiger partial charge in [-0.2, -0.15) is 0 Å². The van der Waals surface area contributed by atoms with Crippen LogP contribution < -0.4 is 24.4 Å². The summed E-state index contributed by atoms with van der Waals surface area (Å²) in [6, 6.07) is 13.0. The molecule has 0 radical (unpaired) electrons. The van der Waals surface area contributed by atoms with Crippen LogP contribution in [0.15, 0.2) is 71.6 Å². The molecule has 0 fully saturated rings. The Labute approximate surface area is 205 Å². The highest BCUT2D eigenvalue weighted by Crippen LogP contribution is 2.35. The molecule has 3 aromatic rings. The highest BCUT2D eigenvalue weighted by molar-refractivity contribution is 7.90. The standard InChI is InChI=1S/C24H21F2N3O6S/c1-29(17-8-9-20-21(13-17)35-14-34-20)23(30)19(11-15-5-3-2-4-6-15)27-24(31)28-36(32,33)22-10-7-16(25)12-18(22)26/h2-10,12-13,19H,11,14H2,1H3,(H2,27,28,31)/t19-/m0/s1. The third-order valence-corrected chi connectivity index (χ3v) is 6.73. The van der Waals surface area contributed by atoms with E-state index in [-0.39, 0.29) is 13.2 Å². The first-order chi connectivity index (χ1) is 17.1. The second-order valence-corrected chi connectivity index (χ2v) is 9.48. The molecule has 0 unspecified atom stereocenters. The number of likely N-dealkylation sites (N-methyl/N-ethyl adjacent to an activating group) is 1. The number of rotatable bonds is 7. The van der Waals surface area contributed by atoms with Gasteiger partial charge in [0, 0.05) is 31.3 Å². The van der Waals surface area contributed by atoms with Gasteiger partial charge in [0.2, 0.25) is 12.7 Å². The lowest BCUT2D eigenvalue weighted by Crippen LogP contribution is -2.52. The quantitative estimate of drug-likeness (QED) is 0.498. The minimum Gasteiger partial charge on any atom is -0.454 e. The molecule has 9 nitrogen and oxygen atoms in total. The number of sulfonamides is 1. The maximum atomic E-state index is 14.0. The van der Waals surface area contributed by atoms with E-state index in [1.54, 1.807) is 53.3 Å². The summed E-state index contributed by atoms with van der Waals surface area (Å²) in [6.07, 6.45) is 0.0347. The lowest BCUT2D eigenvalue weighted by molar-refractivity contribution is -0.120. The second kappa shape index (κ2) is 10.2. The zero-order valence-electron chi connectivity index (χ0n) is 18.9. The molecule has 2 N–H and O–H groups in total. The largest absolute Gasteiger partial charge is 0.454 e. The number of amides is 3. The highest BCUT2D eigenvalue weighted by Gasteiger charge is 2.29. The summed E-state index contributed by atoms with van der Waals surface area (Å²) in [6.45, 7) is 0.0535. The van der Waals surface area contributed by atoms with E-state index in [0.717, 1.165) is 6.07 Å². The topological polar surface area (TPSA) is 114 Å². The van der Waals surface area contributed by atoms with Gasteiger partial charge in [-0.25, -0.2) is 26.7 Å². The molecule has 36 heavy (non-hydrogen) atoms. The Balaban J connectivity index is 1.55. The fraction of sp³-hybridized carbons (Fsp3) is 0.167. The van der Waals surface area contributed by atoms with Gasteiger partial charge in [0.25, 0.3) is 10.0 Å². The summed E-state index contributed by atoms with van der Waals surface area (Å²) in [5.74, 6) is -1.93. The highest BCUT2D eigenvalue weighted by atomic mass is 32.2. The van der Waals surface area contributed by atoms with Crippen molar-refractivity contribution >= 4 is 27.6 Å². The predicted octanol–water partition coefficient (Wildman–Crippen LogP) is 2.96. The molecule has 1 atom stereocenters. The number of halogens is 2. The van der Waals surface area contributed by atoms with Gasteiger partial charge in [-0.3, -0.25) is 4.79 Å². The number of urea groups is 1. The fourth-order valence-electron chi connectivity index (χ4n) is 3.56. The molecule has 12 heteroatoms. The van der Waals surface area contributed by atoms with Gasteiger partial charge in [0.1, 0.15) is 22.6 Å². The van der Waals surface area contributed by atoms with Gasteiger partial charge in [0.05, 0.1) is 0 Å². The Morgan fingerprint density at radius 3 is 2.44 bits per heavy atom. The Hall–Kier alpha value is -4.19. The summed E-state index contributed by atoms with van der Waals surface area (Å²) in [7, 11) is -3.20. The van der Waals surface area contributed by atoms with E-state index >= 15 is 0 Å². The molecule has 0 aromatic heterocycles. The number of fused-ring (bicyclic) bond motifs is 1. The number of benzene rings is 3. The van der Waals surface area contributed by atoms with E-state index in [0.29, 0.717) is 34.9 Å². The van der Waals surface area contributed by atoms with E-state index in [1.165, 1.54) is 11.9 Å². The molecular weight excluding hydrogens is 496 g/mol. The lowest BCUT2D eigenvalue weighted by atomic mass is 10.0. The maximum Gasteiger partial charge on any atom is 0.329 e. The molecule has 0 saturated heterocycles. The first-order valence-electron chi connectivity index (χ1n) is 10.6. The van der Waals surface area contributed by atoms with E-state index in [1.807, 2.05) is 0 Å². The van der Waals surface area contributed by atoms with Crippen LogP contribution in [0, 0.1) is 11.6 Å². The molecule has 1 aliphatic rings. The van der Waals surface area contributed by atoms with Gasteiger partial charge in [-0.1, -0.05) is 30.3 Å². The van der Waals surface area contributed by atoms with Crippen LogP contribution in [0.5, 0.6) is 11.5 Å². The second-order valence-electron chi connectivity index (χ2n) is 7.83. The minimum atomic E-state index is -4.69. The van der Waals surface area contributed by atoms with E-state index in [9.17, 15) is 26.8 Å². The molecule has 1 heterocycles. The van der Waals surface area contributed by atoms with E-state index in [4.69, 9.17) is 9.47 Å². The van der Waals surface area contributed by atoms with Gasteiger partial charge >= 0.3 is 6.03 Å².